The third kappa shape index (κ3) is 4.24. The smallest absolute Gasteiger partial charge is 0.319 e. The number of hydrogen-bond donors (Lipinski definition) is 2. The first-order valence-electron chi connectivity index (χ1n) is 8.13. The normalized spacial score (nSPS) is 12.2. The van der Waals surface area contributed by atoms with Crippen molar-refractivity contribution in [2.75, 3.05) is 26.0 Å². The van der Waals surface area contributed by atoms with E-state index in [4.69, 9.17) is 0 Å². The number of benzene rings is 1. The van der Waals surface area contributed by atoms with E-state index in [-0.39, 0.29) is 12.1 Å². The largest absolute Gasteiger partial charge is 0.336 e. The molecule has 0 fully saturated rings. The molecule has 2 amide bonds. The molecule has 0 radical (unpaired) electrons. The summed E-state index contributed by atoms with van der Waals surface area (Å²) in [4.78, 5) is 15.6. The van der Waals surface area contributed by atoms with E-state index in [0.717, 1.165) is 11.3 Å². The molecule has 1 aromatic carbocycles. The van der Waals surface area contributed by atoms with Crippen LogP contribution in [0.4, 0.5) is 10.5 Å². The Morgan fingerprint density at radius 2 is 2.19 bits per heavy atom. The number of nitrogens with one attached hydrogen (secondary N) is 2. The van der Waals surface area contributed by atoms with Crippen LogP contribution in [-0.2, 0) is 0 Å². The fourth-order valence-electron chi connectivity index (χ4n) is 2.65. The molecule has 2 heterocycles. The molecule has 0 saturated heterocycles. The first kappa shape index (κ1) is 18.0. The molecule has 0 aliphatic rings. The summed E-state index contributed by atoms with van der Waals surface area (Å²) in [5, 5.41) is 19.0. The van der Waals surface area contributed by atoms with Crippen LogP contribution in [0.5, 0.6) is 0 Å². The fourth-order valence-corrected chi connectivity index (χ4v) is 3.57. The third-order valence-electron chi connectivity index (χ3n) is 4.00. The molecule has 1 atom stereocenters. The lowest BCUT2D eigenvalue weighted by Crippen LogP contribution is -2.36. The highest BCUT2D eigenvalue weighted by atomic mass is 32.1. The summed E-state index contributed by atoms with van der Waals surface area (Å²) in [6.45, 7) is 2.47. The Hall–Kier alpha value is -2.78. The first-order chi connectivity index (χ1) is 12.5. The second-order valence-corrected chi connectivity index (χ2v) is 7.06. The monoisotopic (exact) mass is 371 g/mol. The van der Waals surface area contributed by atoms with Crippen LogP contribution in [0, 0.1) is 6.92 Å². The molecule has 0 aliphatic heterocycles. The van der Waals surface area contributed by atoms with Crippen molar-refractivity contribution in [3.63, 3.8) is 0 Å². The van der Waals surface area contributed by atoms with Gasteiger partial charge in [0.15, 0.2) is 0 Å². The summed E-state index contributed by atoms with van der Waals surface area (Å²) < 4.78 is 1.59. The van der Waals surface area contributed by atoms with Gasteiger partial charge in [-0.2, -0.15) is 0 Å². The summed E-state index contributed by atoms with van der Waals surface area (Å²) in [5.74, 6) is 0. The molecule has 0 unspecified atom stereocenters. The standard InChI is InChI=1S/C17H21N7OS/c1-12-9-13(6-7-14(12)24-11-19-21-22-24)20-17(25)18-10-15(23(2)3)16-5-4-8-26-16/h4-9,11,15H,10H2,1-3H3,(H2,18,20,25)/t15-/m1/s1. The summed E-state index contributed by atoms with van der Waals surface area (Å²) in [7, 11) is 4.01. The summed E-state index contributed by atoms with van der Waals surface area (Å²) >= 11 is 1.69. The van der Waals surface area contributed by atoms with Crippen molar-refractivity contribution in [1.29, 1.82) is 0 Å². The fraction of sp³-hybridized carbons (Fsp3) is 0.294. The number of likely N-dealkylation sites (N-methyl/N-ethyl adjacent to an activating group) is 1. The van der Waals surface area contributed by atoms with Crippen LogP contribution in [-0.4, -0.2) is 51.8 Å². The van der Waals surface area contributed by atoms with Crippen molar-refractivity contribution in [3.8, 4) is 5.69 Å². The quantitative estimate of drug-likeness (QED) is 0.695. The zero-order valence-corrected chi connectivity index (χ0v) is 15.7. The SMILES string of the molecule is Cc1cc(NC(=O)NC[C@H](c2cccs2)N(C)C)ccc1-n1cnnn1. The number of aromatic nitrogens is 4. The van der Waals surface area contributed by atoms with E-state index in [1.54, 1.807) is 16.0 Å². The zero-order valence-electron chi connectivity index (χ0n) is 14.9. The van der Waals surface area contributed by atoms with E-state index in [1.165, 1.54) is 11.2 Å². The molecule has 0 aliphatic carbocycles. The number of tetrazole rings is 1. The van der Waals surface area contributed by atoms with Gasteiger partial charge < -0.3 is 15.5 Å². The van der Waals surface area contributed by atoms with Gasteiger partial charge in [0, 0.05) is 17.1 Å². The molecule has 0 spiro atoms. The molecule has 3 rings (SSSR count). The lowest BCUT2D eigenvalue weighted by atomic mass is 10.2. The molecule has 26 heavy (non-hydrogen) atoms. The molecule has 0 bridgehead atoms. The van der Waals surface area contributed by atoms with E-state index >= 15 is 0 Å². The Bertz CT molecular complexity index is 846. The van der Waals surface area contributed by atoms with Crippen molar-refractivity contribution in [1.82, 2.24) is 30.4 Å². The summed E-state index contributed by atoms with van der Waals surface area (Å²) in [6.07, 6.45) is 1.54. The van der Waals surface area contributed by atoms with Gasteiger partial charge >= 0.3 is 6.03 Å². The Kier molecular flexibility index (Phi) is 5.59. The number of nitrogens with zero attached hydrogens (tertiary/aromatic N) is 5. The second-order valence-electron chi connectivity index (χ2n) is 6.09. The molecule has 136 valence electrons. The Morgan fingerprint density at radius 1 is 1.35 bits per heavy atom. The van der Waals surface area contributed by atoms with Crippen molar-refractivity contribution in [3.05, 3.63) is 52.5 Å². The number of anilines is 1. The van der Waals surface area contributed by atoms with Crippen molar-refractivity contribution in [2.45, 2.75) is 13.0 Å². The predicted octanol–water partition coefficient (Wildman–Crippen LogP) is 2.46. The van der Waals surface area contributed by atoms with Crippen molar-refractivity contribution in [2.24, 2.45) is 0 Å². The van der Waals surface area contributed by atoms with Crippen LogP contribution in [0.15, 0.2) is 42.0 Å². The van der Waals surface area contributed by atoms with Crippen LogP contribution in [0.1, 0.15) is 16.5 Å². The number of thiophene rings is 1. The number of hydrogen-bond acceptors (Lipinski definition) is 6. The molecule has 8 nitrogen and oxygen atoms in total. The highest BCUT2D eigenvalue weighted by Crippen LogP contribution is 2.22. The van der Waals surface area contributed by atoms with Gasteiger partial charge in [-0.1, -0.05) is 6.07 Å². The van der Waals surface area contributed by atoms with Crippen LogP contribution in [0.25, 0.3) is 5.69 Å². The van der Waals surface area contributed by atoms with Gasteiger partial charge in [0.2, 0.25) is 0 Å². The molecular weight excluding hydrogens is 350 g/mol. The predicted molar refractivity (Wildman–Crippen MR) is 102 cm³/mol. The molecule has 0 saturated carbocycles. The van der Waals surface area contributed by atoms with Gasteiger partial charge in [-0.3, -0.25) is 0 Å². The summed E-state index contributed by atoms with van der Waals surface area (Å²) in [5.41, 5.74) is 2.54. The van der Waals surface area contributed by atoms with Crippen LogP contribution < -0.4 is 10.6 Å². The minimum atomic E-state index is -0.233. The molecule has 9 heteroatoms. The summed E-state index contributed by atoms with van der Waals surface area (Å²) in [6, 6.07) is 9.59. The highest BCUT2D eigenvalue weighted by Gasteiger charge is 2.16. The maximum Gasteiger partial charge on any atom is 0.319 e. The average Bonchev–Trinajstić information content (AvgIpc) is 3.28. The lowest BCUT2D eigenvalue weighted by Gasteiger charge is -2.23. The number of carbonyl (C=O) groups is 1. The number of urea groups is 1. The Morgan fingerprint density at radius 3 is 2.81 bits per heavy atom. The second kappa shape index (κ2) is 8.07. The van der Waals surface area contributed by atoms with Crippen molar-refractivity contribution >= 4 is 23.1 Å². The molecule has 2 aromatic heterocycles. The van der Waals surface area contributed by atoms with Gasteiger partial charge in [-0.15, -0.1) is 16.4 Å². The lowest BCUT2D eigenvalue weighted by molar-refractivity contribution is 0.244. The maximum absolute atomic E-state index is 12.3. The minimum absolute atomic E-state index is 0.143. The van der Waals surface area contributed by atoms with Gasteiger partial charge in [-0.25, -0.2) is 9.48 Å². The van der Waals surface area contributed by atoms with E-state index < -0.39 is 0 Å². The number of amides is 2. The number of carbonyl (C=O) groups excluding carboxylic acids is 1. The number of aryl methyl sites for hydroxylation is 1. The average molecular weight is 371 g/mol. The van der Waals surface area contributed by atoms with Crippen LogP contribution in [0.3, 0.4) is 0 Å². The topological polar surface area (TPSA) is 88.0 Å². The highest BCUT2D eigenvalue weighted by molar-refractivity contribution is 7.10. The zero-order chi connectivity index (χ0) is 18.5. The van der Waals surface area contributed by atoms with Crippen LogP contribution in [0.2, 0.25) is 0 Å². The first-order valence-corrected chi connectivity index (χ1v) is 9.01. The Labute approximate surface area is 155 Å². The van der Waals surface area contributed by atoms with Gasteiger partial charge in [0.25, 0.3) is 0 Å². The molecular formula is C17H21N7OS. The maximum atomic E-state index is 12.3. The van der Waals surface area contributed by atoms with E-state index in [9.17, 15) is 4.79 Å². The molecule has 3 aromatic rings. The third-order valence-corrected chi connectivity index (χ3v) is 4.97. The van der Waals surface area contributed by atoms with Crippen LogP contribution >= 0.6 is 11.3 Å². The minimum Gasteiger partial charge on any atom is -0.336 e. The van der Waals surface area contributed by atoms with Gasteiger partial charge in [0.1, 0.15) is 6.33 Å². The number of rotatable bonds is 6. The van der Waals surface area contributed by atoms with E-state index in [0.29, 0.717) is 12.2 Å². The van der Waals surface area contributed by atoms with Crippen molar-refractivity contribution < 1.29 is 4.79 Å². The Balaban J connectivity index is 1.60. The molecule has 2 N–H and O–H groups in total. The van der Waals surface area contributed by atoms with Gasteiger partial charge in [-0.05, 0) is 66.7 Å². The van der Waals surface area contributed by atoms with Gasteiger partial charge in [0.05, 0.1) is 11.7 Å². The van der Waals surface area contributed by atoms with E-state index in [1.807, 2.05) is 50.7 Å². The van der Waals surface area contributed by atoms with E-state index in [2.05, 4.69) is 37.1 Å².